The quantitative estimate of drug-likeness (QED) is 0.780. The van der Waals surface area contributed by atoms with Crippen molar-refractivity contribution in [3.8, 4) is 0 Å². The summed E-state index contributed by atoms with van der Waals surface area (Å²) in [5, 5.41) is 0. The molecule has 0 radical (unpaired) electrons. The Hall–Kier alpha value is -0.120. The highest BCUT2D eigenvalue weighted by atomic mass is 16.7. The lowest BCUT2D eigenvalue weighted by Gasteiger charge is -2.49. The molecule has 3 rings (SSSR count). The van der Waals surface area contributed by atoms with Gasteiger partial charge in [-0.25, -0.2) is 0 Å². The maximum atomic E-state index is 5.90. The van der Waals surface area contributed by atoms with Crippen molar-refractivity contribution < 1.29 is 9.47 Å². The van der Waals surface area contributed by atoms with Crippen LogP contribution in [-0.4, -0.2) is 42.5 Å². The highest BCUT2D eigenvalue weighted by Crippen LogP contribution is 2.46. The summed E-state index contributed by atoms with van der Waals surface area (Å²) in [5.74, 6) is -0.199. The van der Waals surface area contributed by atoms with Gasteiger partial charge in [0.15, 0.2) is 5.79 Å². The standard InChI is InChI=1S/C16H29NO2/c1-2-3-6-15(17-11-4-5-12-17)7-9-16(10-8-15)18-13-14-19-16/h2-14H2,1H3. The van der Waals surface area contributed by atoms with E-state index in [1.807, 2.05) is 0 Å². The van der Waals surface area contributed by atoms with Crippen molar-refractivity contribution in [2.45, 2.75) is 76.0 Å². The van der Waals surface area contributed by atoms with Crippen LogP contribution in [0, 0.1) is 0 Å². The number of hydrogen-bond donors (Lipinski definition) is 0. The average Bonchev–Trinajstić information content (AvgIpc) is 3.11. The highest BCUT2D eigenvalue weighted by Gasteiger charge is 2.48. The van der Waals surface area contributed by atoms with E-state index < -0.39 is 0 Å². The van der Waals surface area contributed by atoms with Crippen LogP contribution < -0.4 is 0 Å². The second-order valence-corrected chi connectivity index (χ2v) is 6.63. The summed E-state index contributed by atoms with van der Waals surface area (Å²) < 4.78 is 11.8. The van der Waals surface area contributed by atoms with Crippen LogP contribution >= 0.6 is 0 Å². The zero-order valence-electron chi connectivity index (χ0n) is 12.5. The first kappa shape index (κ1) is 13.8. The molecule has 2 heterocycles. The molecule has 0 aromatic heterocycles. The van der Waals surface area contributed by atoms with Crippen LogP contribution in [0.1, 0.15) is 64.7 Å². The molecule has 2 aliphatic heterocycles. The lowest BCUT2D eigenvalue weighted by molar-refractivity contribution is -0.194. The molecule has 0 atom stereocenters. The van der Waals surface area contributed by atoms with Crippen LogP contribution in [0.5, 0.6) is 0 Å². The van der Waals surface area contributed by atoms with Crippen LogP contribution in [-0.2, 0) is 9.47 Å². The van der Waals surface area contributed by atoms with Gasteiger partial charge in [0, 0.05) is 18.4 Å². The second-order valence-electron chi connectivity index (χ2n) is 6.63. The minimum absolute atomic E-state index is 0.199. The first-order valence-electron chi connectivity index (χ1n) is 8.32. The summed E-state index contributed by atoms with van der Waals surface area (Å²) in [6.45, 7) is 6.54. The van der Waals surface area contributed by atoms with Gasteiger partial charge in [0.1, 0.15) is 0 Å². The second kappa shape index (κ2) is 5.71. The Morgan fingerprint density at radius 2 is 1.58 bits per heavy atom. The van der Waals surface area contributed by atoms with E-state index in [9.17, 15) is 0 Å². The van der Waals surface area contributed by atoms with Crippen molar-refractivity contribution in [2.75, 3.05) is 26.3 Å². The number of unbranched alkanes of at least 4 members (excludes halogenated alkanes) is 1. The van der Waals surface area contributed by atoms with Crippen molar-refractivity contribution in [3.05, 3.63) is 0 Å². The number of rotatable bonds is 4. The molecule has 19 heavy (non-hydrogen) atoms. The van der Waals surface area contributed by atoms with Crippen LogP contribution in [0.2, 0.25) is 0 Å². The van der Waals surface area contributed by atoms with Gasteiger partial charge < -0.3 is 9.47 Å². The lowest BCUT2D eigenvalue weighted by Crippen LogP contribution is -2.53. The van der Waals surface area contributed by atoms with Gasteiger partial charge in [0.25, 0.3) is 0 Å². The Morgan fingerprint density at radius 1 is 0.947 bits per heavy atom. The third-order valence-corrected chi connectivity index (χ3v) is 5.53. The summed E-state index contributed by atoms with van der Waals surface area (Å²) in [4.78, 5) is 2.80. The maximum Gasteiger partial charge on any atom is 0.168 e. The van der Waals surface area contributed by atoms with Gasteiger partial charge >= 0.3 is 0 Å². The van der Waals surface area contributed by atoms with Gasteiger partial charge in [0.2, 0.25) is 0 Å². The summed E-state index contributed by atoms with van der Waals surface area (Å²) in [6.07, 6.45) is 11.6. The number of nitrogens with zero attached hydrogens (tertiary/aromatic N) is 1. The van der Waals surface area contributed by atoms with E-state index in [4.69, 9.17) is 9.47 Å². The van der Waals surface area contributed by atoms with Crippen molar-refractivity contribution in [3.63, 3.8) is 0 Å². The molecule has 3 nitrogen and oxygen atoms in total. The maximum absolute atomic E-state index is 5.90. The predicted molar refractivity (Wildman–Crippen MR) is 76.2 cm³/mol. The molecule has 1 spiro atoms. The zero-order chi connectivity index (χ0) is 13.2. The van der Waals surface area contributed by atoms with Gasteiger partial charge in [-0.05, 0) is 45.2 Å². The number of hydrogen-bond acceptors (Lipinski definition) is 3. The Labute approximate surface area is 117 Å². The van der Waals surface area contributed by atoms with E-state index in [-0.39, 0.29) is 5.79 Å². The Kier molecular flexibility index (Phi) is 4.16. The van der Waals surface area contributed by atoms with E-state index in [0.29, 0.717) is 5.54 Å². The van der Waals surface area contributed by atoms with Crippen molar-refractivity contribution >= 4 is 0 Å². The third kappa shape index (κ3) is 2.70. The third-order valence-electron chi connectivity index (χ3n) is 5.53. The summed E-state index contributed by atoms with van der Waals surface area (Å²) in [5.41, 5.74) is 0.465. The largest absolute Gasteiger partial charge is 0.348 e. The Morgan fingerprint density at radius 3 is 2.16 bits per heavy atom. The van der Waals surface area contributed by atoms with E-state index in [2.05, 4.69) is 11.8 Å². The summed E-state index contributed by atoms with van der Waals surface area (Å²) >= 11 is 0. The average molecular weight is 267 g/mol. The van der Waals surface area contributed by atoms with E-state index >= 15 is 0 Å². The highest BCUT2D eigenvalue weighted by molar-refractivity contribution is 4.99. The SMILES string of the molecule is CCCCC1(N2CCCC2)CCC2(CC1)OCCO2. The molecule has 2 saturated heterocycles. The molecule has 0 amide bonds. The van der Waals surface area contributed by atoms with E-state index in [0.717, 1.165) is 26.1 Å². The molecule has 0 N–H and O–H groups in total. The van der Waals surface area contributed by atoms with Crippen molar-refractivity contribution in [1.82, 2.24) is 4.90 Å². The van der Waals surface area contributed by atoms with E-state index in [1.165, 1.54) is 58.0 Å². The van der Waals surface area contributed by atoms with Crippen LogP contribution in [0.4, 0.5) is 0 Å². The minimum atomic E-state index is -0.199. The van der Waals surface area contributed by atoms with Crippen molar-refractivity contribution in [1.29, 1.82) is 0 Å². The fourth-order valence-corrected chi connectivity index (χ4v) is 4.30. The summed E-state index contributed by atoms with van der Waals surface area (Å²) in [6, 6.07) is 0. The van der Waals surface area contributed by atoms with Gasteiger partial charge in [-0.3, -0.25) is 4.90 Å². The fourth-order valence-electron chi connectivity index (χ4n) is 4.30. The zero-order valence-corrected chi connectivity index (χ0v) is 12.5. The monoisotopic (exact) mass is 267 g/mol. The summed E-state index contributed by atoms with van der Waals surface area (Å²) in [7, 11) is 0. The molecule has 3 aliphatic rings. The van der Waals surface area contributed by atoms with Crippen LogP contribution in [0.15, 0.2) is 0 Å². The molecule has 1 aliphatic carbocycles. The van der Waals surface area contributed by atoms with Gasteiger partial charge in [0.05, 0.1) is 13.2 Å². The van der Waals surface area contributed by atoms with Gasteiger partial charge in [-0.2, -0.15) is 0 Å². The topological polar surface area (TPSA) is 21.7 Å². The molecule has 0 bridgehead atoms. The predicted octanol–water partition coefficient (Wildman–Crippen LogP) is 3.33. The Balaban J connectivity index is 1.67. The first-order valence-corrected chi connectivity index (χ1v) is 8.32. The normalized spacial score (nSPS) is 30.2. The molecule has 0 aromatic carbocycles. The number of ether oxygens (including phenoxy) is 2. The number of likely N-dealkylation sites (tertiary alicyclic amines) is 1. The smallest absolute Gasteiger partial charge is 0.168 e. The van der Waals surface area contributed by atoms with Gasteiger partial charge in [-0.15, -0.1) is 0 Å². The Bertz CT molecular complexity index is 283. The van der Waals surface area contributed by atoms with E-state index in [1.54, 1.807) is 0 Å². The minimum Gasteiger partial charge on any atom is -0.348 e. The van der Waals surface area contributed by atoms with Gasteiger partial charge in [-0.1, -0.05) is 19.8 Å². The van der Waals surface area contributed by atoms with Crippen LogP contribution in [0.3, 0.4) is 0 Å². The van der Waals surface area contributed by atoms with Crippen molar-refractivity contribution in [2.24, 2.45) is 0 Å². The molecule has 3 fully saturated rings. The fraction of sp³-hybridized carbons (Fsp3) is 1.00. The molecule has 1 saturated carbocycles. The molecule has 110 valence electrons. The molecular formula is C16H29NO2. The molecular weight excluding hydrogens is 238 g/mol. The molecule has 3 heteroatoms. The molecule has 0 unspecified atom stereocenters. The lowest BCUT2D eigenvalue weighted by atomic mass is 9.74. The van der Waals surface area contributed by atoms with Crippen LogP contribution in [0.25, 0.3) is 0 Å². The molecule has 0 aromatic rings. The first-order chi connectivity index (χ1) is 9.29.